The number of aromatic nitrogens is 2. The lowest BCUT2D eigenvalue weighted by Gasteiger charge is -2.04. The molecule has 2 aromatic rings. The van der Waals surface area contributed by atoms with E-state index in [0.717, 1.165) is 5.69 Å². The second-order valence-electron chi connectivity index (χ2n) is 3.55. The van der Waals surface area contributed by atoms with Crippen LogP contribution in [0.25, 0.3) is 5.69 Å². The first-order chi connectivity index (χ1) is 8.72. The van der Waals surface area contributed by atoms with E-state index in [2.05, 4.69) is 9.84 Å². The minimum Gasteiger partial charge on any atom is -0.460 e. The predicted molar refractivity (Wildman–Crippen MR) is 64.5 cm³/mol. The molecule has 0 fully saturated rings. The van der Waals surface area contributed by atoms with E-state index >= 15 is 0 Å². The predicted octanol–water partition coefficient (Wildman–Crippen LogP) is 1.62. The maximum atomic E-state index is 11.8. The fourth-order valence-corrected chi connectivity index (χ4v) is 1.53. The molecule has 92 valence electrons. The van der Waals surface area contributed by atoms with E-state index in [1.807, 2.05) is 0 Å². The van der Waals surface area contributed by atoms with Gasteiger partial charge < -0.3 is 4.74 Å². The number of rotatable bonds is 4. The van der Waals surface area contributed by atoms with Crippen LogP contribution in [0.4, 0.5) is 0 Å². The van der Waals surface area contributed by atoms with Gasteiger partial charge in [0.25, 0.3) is 5.78 Å². The van der Waals surface area contributed by atoms with Crippen molar-refractivity contribution in [3.8, 4) is 5.69 Å². The van der Waals surface area contributed by atoms with Crippen molar-refractivity contribution in [2.45, 2.75) is 6.92 Å². The molecule has 0 atom stereocenters. The Labute approximate surface area is 104 Å². The van der Waals surface area contributed by atoms with Crippen molar-refractivity contribution < 1.29 is 14.3 Å². The monoisotopic (exact) mass is 244 g/mol. The van der Waals surface area contributed by atoms with Crippen LogP contribution in [0.15, 0.2) is 42.7 Å². The van der Waals surface area contributed by atoms with E-state index in [1.165, 1.54) is 0 Å². The van der Waals surface area contributed by atoms with Crippen LogP contribution in [-0.4, -0.2) is 28.1 Å². The number of nitrogens with zero attached hydrogens (tertiary/aromatic N) is 2. The molecule has 0 aliphatic heterocycles. The van der Waals surface area contributed by atoms with Crippen molar-refractivity contribution in [3.63, 3.8) is 0 Å². The van der Waals surface area contributed by atoms with Gasteiger partial charge in [0.15, 0.2) is 0 Å². The van der Waals surface area contributed by atoms with Gasteiger partial charge in [0.05, 0.1) is 12.3 Å². The zero-order valence-corrected chi connectivity index (χ0v) is 9.87. The van der Waals surface area contributed by atoms with E-state index in [0.29, 0.717) is 5.56 Å². The van der Waals surface area contributed by atoms with Crippen molar-refractivity contribution in [2.24, 2.45) is 0 Å². The Morgan fingerprint density at radius 2 is 2.17 bits per heavy atom. The highest BCUT2D eigenvalue weighted by molar-refractivity contribution is 6.40. The summed E-state index contributed by atoms with van der Waals surface area (Å²) in [5, 5.41) is 4.06. The van der Waals surface area contributed by atoms with Gasteiger partial charge in [-0.15, -0.1) is 0 Å². The van der Waals surface area contributed by atoms with Gasteiger partial charge in [-0.1, -0.05) is 12.1 Å². The highest BCUT2D eigenvalue weighted by Crippen LogP contribution is 2.10. The zero-order chi connectivity index (χ0) is 13.0. The molecule has 0 radical (unpaired) electrons. The molecule has 0 amide bonds. The van der Waals surface area contributed by atoms with Gasteiger partial charge in [0, 0.05) is 18.0 Å². The highest BCUT2D eigenvalue weighted by atomic mass is 16.5. The molecule has 0 aliphatic rings. The number of hydrogen-bond donors (Lipinski definition) is 0. The van der Waals surface area contributed by atoms with Gasteiger partial charge in [-0.2, -0.15) is 5.10 Å². The molecule has 18 heavy (non-hydrogen) atoms. The summed E-state index contributed by atoms with van der Waals surface area (Å²) in [6, 6.07) is 8.46. The number of hydrogen-bond acceptors (Lipinski definition) is 4. The third-order valence-electron chi connectivity index (χ3n) is 2.34. The van der Waals surface area contributed by atoms with Crippen molar-refractivity contribution in [1.29, 1.82) is 0 Å². The van der Waals surface area contributed by atoms with E-state index in [1.54, 1.807) is 54.3 Å². The van der Waals surface area contributed by atoms with E-state index in [-0.39, 0.29) is 6.61 Å². The van der Waals surface area contributed by atoms with Crippen LogP contribution in [0.1, 0.15) is 17.3 Å². The average Bonchev–Trinajstić information content (AvgIpc) is 2.92. The molecule has 0 unspecified atom stereocenters. The van der Waals surface area contributed by atoms with Crippen LogP contribution in [-0.2, 0) is 9.53 Å². The minimum absolute atomic E-state index is 0.184. The topological polar surface area (TPSA) is 61.2 Å². The lowest BCUT2D eigenvalue weighted by molar-refractivity contribution is -0.137. The molecule has 0 saturated carbocycles. The first kappa shape index (κ1) is 12.0. The molecule has 0 bridgehead atoms. The van der Waals surface area contributed by atoms with Crippen LogP contribution in [0.3, 0.4) is 0 Å². The van der Waals surface area contributed by atoms with Gasteiger partial charge in [0.2, 0.25) is 0 Å². The minimum atomic E-state index is -0.838. The lowest BCUT2D eigenvalue weighted by Crippen LogP contribution is -2.17. The molecule has 5 heteroatoms. The molecule has 1 aromatic carbocycles. The second kappa shape index (κ2) is 5.27. The quantitative estimate of drug-likeness (QED) is 0.466. The van der Waals surface area contributed by atoms with E-state index < -0.39 is 11.8 Å². The summed E-state index contributed by atoms with van der Waals surface area (Å²) < 4.78 is 6.29. The molecule has 1 aromatic heterocycles. The third-order valence-corrected chi connectivity index (χ3v) is 2.34. The molecule has 1 heterocycles. The Balaban J connectivity index is 2.28. The molecular formula is C13H12N2O3. The van der Waals surface area contributed by atoms with Gasteiger partial charge in [-0.3, -0.25) is 4.79 Å². The van der Waals surface area contributed by atoms with Crippen LogP contribution in [0, 0.1) is 0 Å². The summed E-state index contributed by atoms with van der Waals surface area (Å²) in [4.78, 5) is 23.1. The molecular weight excluding hydrogens is 232 g/mol. The molecule has 0 N–H and O–H groups in total. The second-order valence-corrected chi connectivity index (χ2v) is 3.55. The van der Waals surface area contributed by atoms with Gasteiger partial charge in [0.1, 0.15) is 0 Å². The third kappa shape index (κ3) is 2.45. The SMILES string of the molecule is CCOC(=O)C(=O)c1cccc(-n2cccn2)c1. The van der Waals surface area contributed by atoms with E-state index in [9.17, 15) is 9.59 Å². The number of carbonyl (C=O) groups is 2. The summed E-state index contributed by atoms with van der Waals surface area (Å²) in [5.74, 6) is -1.49. The number of carbonyl (C=O) groups excluding carboxylic acids is 2. The highest BCUT2D eigenvalue weighted by Gasteiger charge is 2.17. The molecule has 2 rings (SSSR count). The molecule has 0 aliphatic carbocycles. The maximum Gasteiger partial charge on any atom is 0.379 e. The number of Topliss-reactive ketones (excluding diaryl/α,β-unsaturated/α-hetero) is 1. The summed E-state index contributed by atoms with van der Waals surface area (Å²) in [6.07, 6.45) is 3.40. The lowest BCUT2D eigenvalue weighted by atomic mass is 10.1. The van der Waals surface area contributed by atoms with Crippen molar-refractivity contribution >= 4 is 11.8 Å². The maximum absolute atomic E-state index is 11.8. The van der Waals surface area contributed by atoms with Crippen molar-refractivity contribution in [1.82, 2.24) is 9.78 Å². The smallest absolute Gasteiger partial charge is 0.379 e. The molecule has 5 nitrogen and oxygen atoms in total. The summed E-state index contributed by atoms with van der Waals surface area (Å²) in [5.41, 5.74) is 1.01. The molecule has 0 spiro atoms. The van der Waals surface area contributed by atoms with Gasteiger partial charge >= 0.3 is 5.97 Å². The average molecular weight is 244 g/mol. The summed E-state index contributed by atoms with van der Waals surface area (Å²) >= 11 is 0. The Morgan fingerprint density at radius 3 is 2.83 bits per heavy atom. The van der Waals surface area contributed by atoms with Crippen LogP contribution in [0.2, 0.25) is 0 Å². The summed E-state index contributed by atoms with van der Waals surface area (Å²) in [7, 11) is 0. The fraction of sp³-hybridized carbons (Fsp3) is 0.154. The first-order valence-corrected chi connectivity index (χ1v) is 5.54. The Bertz CT molecular complexity index is 561. The standard InChI is InChI=1S/C13H12N2O3/c1-2-18-13(17)12(16)10-5-3-6-11(9-10)15-8-4-7-14-15/h3-9H,2H2,1H3. The van der Waals surface area contributed by atoms with Crippen LogP contribution in [0.5, 0.6) is 0 Å². The van der Waals surface area contributed by atoms with Gasteiger partial charge in [-0.25, -0.2) is 9.48 Å². The summed E-state index contributed by atoms with van der Waals surface area (Å²) in [6.45, 7) is 1.84. The first-order valence-electron chi connectivity index (χ1n) is 5.54. The number of benzene rings is 1. The van der Waals surface area contributed by atoms with E-state index in [4.69, 9.17) is 0 Å². The zero-order valence-electron chi connectivity index (χ0n) is 9.87. The van der Waals surface area contributed by atoms with Gasteiger partial charge in [-0.05, 0) is 25.1 Å². The number of ketones is 1. The van der Waals surface area contributed by atoms with Crippen LogP contribution >= 0.6 is 0 Å². The van der Waals surface area contributed by atoms with Crippen molar-refractivity contribution in [2.75, 3.05) is 6.61 Å². The Morgan fingerprint density at radius 1 is 1.33 bits per heavy atom. The normalized spacial score (nSPS) is 10.1. The van der Waals surface area contributed by atoms with Crippen LogP contribution < -0.4 is 0 Å². The Hall–Kier alpha value is -2.43. The largest absolute Gasteiger partial charge is 0.460 e. The number of esters is 1. The Kier molecular flexibility index (Phi) is 3.52. The van der Waals surface area contributed by atoms with Crippen molar-refractivity contribution in [3.05, 3.63) is 48.3 Å². The number of ether oxygens (including phenoxy) is 1. The molecule has 0 saturated heterocycles. The fourth-order valence-electron chi connectivity index (χ4n) is 1.53.